The van der Waals surface area contributed by atoms with E-state index >= 15 is 0 Å². The van der Waals surface area contributed by atoms with Gasteiger partial charge in [-0.05, 0) is 30.7 Å². The molecule has 1 aromatic rings. The molecule has 0 amide bonds. The fraction of sp³-hybridized carbons (Fsp3) is 0.571. The molecule has 94 valence electrons. The van der Waals surface area contributed by atoms with E-state index in [1.807, 2.05) is 0 Å². The zero-order valence-electron chi connectivity index (χ0n) is 10.1. The average molecular weight is 239 g/mol. The first-order valence-electron chi connectivity index (χ1n) is 6.28. The second-order valence-corrected chi connectivity index (χ2v) is 5.21. The van der Waals surface area contributed by atoms with Crippen molar-refractivity contribution in [3.63, 3.8) is 0 Å². The van der Waals surface area contributed by atoms with Crippen molar-refractivity contribution < 1.29 is 8.78 Å². The summed E-state index contributed by atoms with van der Waals surface area (Å²) in [5, 5.41) is 0. The van der Waals surface area contributed by atoms with Crippen LogP contribution in [0.4, 0.5) is 8.78 Å². The van der Waals surface area contributed by atoms with E-state index in [-0.39, 0.29) is 6.04 Å². The van der Waals surface area contributed by atoms with Gasteiger partial charge < -0.3 is 5.73 Å². The van der Waals surface area contributed by atoms with E-state index in [0.717, 1.165) is 37.7 Å². The van der Waals surface area contributed by atoms with Crippen LogP contribution in [-0.4, -0.2) is 0 Å². The van der Waals surface area contributed by atoms with Gasteiger partial charge in [0.25, 0.3) is 0 Å². The quantitative estimate of drug-likeness (QED) is 0.834. The van der Waals surface area contributed by atoms with Crippen LogP contribution >= 0.6 is 0 Å². The Balaban J connectivity index is 2.11. The number of hydrogen-bond donors (Lipinski definition) is 1. The summed E-state index contributed by atoms with van der Waals surface area (Å²) in [7, 11) is 0. The van der Waals surface area contributed by atoms with Crippen LogP contribution in [0.25, 0.3) is 0 Å². The maximum Gasteiger partial charge on any atom is 0.130 e. The summed E-state index contributed by atoms with van der Waals surface area (Å²) in [5.41, 5.74) is 6.55. The SMILES string of the molecule is CC1CCC(C(N)c2ccc(F)cc2F)CC1. The standard InChI is InChI=1S/C14H19F2N/c1-9-2-4-10(5-3-9)14(17)12-7-6-11(15)8-13(12)16/h6-10,14H,2-5,17H2,1H3. The van der Waals surface area contributed by atoms with Gasteiger partial charge in [-0.25, -0.2) is 8.78 Å². The van der Waals surface area contributed by atoms with Gasteiger partial charge in [0.15, 0.2) is 0 Å². The first kappa shape index (κ1) is 12.5. The number of rotatable bonds is 2. The van der Waals surface area contributed by atoms with Gasteiger partial charge >= 0.3 is 0 Å². The number of hydrogen-bond acceptors (Lipinski definition) is 1. The largest absolute Gasteiger partial charge is 0.324 e. The summed E-state index contributed by atoms with van der Waals surface area (Å²) in [6.07, 6.45) is 4.39. The molecule has 0 aromatic heterocycles. The maximum atomic E-state index is 13.6. The molecule has 1 unspecified atom stereocenters. The summed E-state index contributed by atoms with van der Waals surface area (Å²) in [5.74, 6) is 0.00881. The van der Waals surface area contributed by atoms with Crippen molar-refractivity contribution in [3.05, 3.63) is 35.4 Å². The first-order chi connectivity index (χ1) is 8.08. The Kier molecular flexibility index (Phi) is 3.77. The van der Waals surface area contributed by atoms with E-state index in [9.17, 15) is 8.78 Å². The molecule has 0 spiro atoms. The van der Waals surface area contributed by atoms with Crippen LogP contribution in [0.5, 0.6) is 0 Å². The molecule has 1 aliphatic carbocycles. The Morgan fingerprint density at radius 3 is 2.41 bits per heavy atom. The highest BCUT2D eigenvalue weighted by molar-refractivity contribution is 5.22. The minimum absolute atomic E-state index is 0.303. The predicted octanol–water partition coefficient (Wildman–Crippen LogP) is 3.79. The molecule has 2 N–H and O–H groups in total. The van der Waals surface area contributed by atoms with Crippen LogP contribution in [-0.2, 0) is 0 Å². The highest BCUT2D eigenvalue weighted by Gasteiger charge is 2.26. The molecule has 1 aliphatic rings. The number of benzene rings is 1. The van der Waals surface area contributed by atoms with Crippen molar-refractivity contribution in [2.24, 2.45) is 17.6 Å². The minimum atomic E-state index is -0.546. The van der Waals surface area contributed by atoms with Crippen LogP contribution in [0.3, 0.4) is 0 Å². The van der Waals surface area contributed by atoms with E-state index < -0.39 is 11.6 Å². The Morgan fingerprint density at radius 2 is 1.82 bits per heavy atom. The fourth-order valence-corrected chi connectivity index (χ4v) is 2.67. The van der Waals surface area contributed by atoms with Crippen LogP contribution in [0.1, 0.15) is 44.2 Å². The fourth-order valence-electron chi connectivity index (χ4n) is 2.67. The first-order valence-corrected chi connectivity index (χ1v) is 6.28. The van der Waals surface area contributed by atoms with Gasteiger partial charge in [-0.3, -0.25) is 0 Å². The Morgan fingerprint density at radius 1 is 1.18 bits per heavy atom. The molecule has 0 heterocycles. The van der Waals surface area contributed by atoms with Gasteiger partial charge in [0, 0.05) is 17.7 Å². The molecule has 1 saturated carbocycles. The molecule has 1 atom stereocenters. The third-order valence-corrected chi connectivity index (χ3v) is 3.89. The Labute approximate surface area is 101 Å². The van der Waals surface area contributed by atoms with Crippen molar-refractivity contribution in [1.29, 1.82) is 0 Å². The van der Waals surface area contributed by atoms with E-state index in [0.29, 0.717) is 11.5 Å². The van der Waals surface area contributed by atoms with Gasteiger partial charge in [-0.1, -0.05) is 25.8 Å². The molecule has 1 aromatic carbocycles. The van der Waals surface area contributed by atoms with Crippen molar-refractivity contribution in [2.75, 3.05) is 0 Å². The Hall–Kier alpha value is -0.960. The third-order valence-electron chi connectivity index (χ3n) is 3.89. The van der Waals surface area contributed by atoms with Gasteiger partial charge in [-0.15, -0.1) is 0 Å². The lowest BCUT2D eigenvalue weighted by Crippen LogP contribution is -2.26. The zero-order valence-corrected chi connectivity index (χ0v) is 10.1. The molecule has 17 heavy (non-hydrogen) atoms. The molecule has 0 bridgehead atoms. The second-order valence-electron chi connectivity index (χ2n) is 5.21. The minimum Gasteiger partial charge on any atom is -0.324 e. The molecule has 3 heteroatoms. The van der Waals surface area contributed by atoms with E-state index in [2.05, 4.69) is 6.92 Å². The van der Waals surface area contributed by atoms with E-state index in [4.69, 9.17) is 5.73 Å². The van der Waals surface area contributed by atoms with Crippen LogP contribution < -0.4 is 5.73 Å². The summed E-state index contributed by atoms with van der Waals surface area (Å²) in [6.45, 7) is 2.24. The number of halogens is 2. The molecular formula is C14H19F2N. The number of nitrogens with two attached hydrogens (primary N) is 1. The van der Waals surface area contributed by atoms with Crippen LogP contribution in [0, 0.1) is 23.5 Å². The molecule has 0 radical (unpaired) electrons. The molecule has 2 rings (SSSR count). The van der Waals surface area contributed by atoms with E-state index in [1.165, 1.54) is 12.1 Å². The topological polar surface area (TPSA) is 26.0 Å². The van der Waals surface area contributed by atoms with Gasteiger partial charge in [-0.2, -0.15) is 0 Å². The van der Waals surface area contributed by atoms with Crippen molar-refractivity contribution in [1.82, 2.24) is 0 Å². The summed E-state index contributed by atoms with van der Waals surface area (Å²) < 4.78 is 26.4. The molecule has 0 aliphatic heterocycles. The molecule has 0 saturated heterocycles. The van der Waals surface area contributed by atoms with E-state index in [1.54, 1.807) is 0 Å². The Bertz CT molecular complexity index is 384. The van der Waals surface area contributed by atoms with Crippen molar-refractivity contribution in [3.8, 4) is 0 Å². The molecular weight excluding hydrogens is 220 g/mol. The summed E-state index contributed by atoms with van der Waals surface area (Å²) >= 11 is 0. The lowest BCUT2D eigenvalue weighted by molar-refractivity contribution is 0.253. The van der Waals surface area contributed by atoms with Crippen LogP contribution in [0.2, 0.25) is 0 Å². The highest BCUT2D eigenvalue weighted by atomic mass is 19.1. The molecule has 1 nitrogen and oxygen atoms in total. The smallest absolute Gasteiger partial charge is 0.130 e. The van der Waals surface area contributed by atoms with Gasteiger partial charge in [0.05, 0.1) is 0 Å². The summed E-state index contributed by atoms with van der Waals surface area (Å²) in [4.78, 5) is 0. The highest BCUT2D eigenvalue weighted by Crippen LogP contribution is 2.36. The average Bonchev–Trinajstić information content (AvgIpc) is 2.29. The lowest BCUT2D eigenvalue weighted by Gasteiger charge is -2.31. The van der Waals surface area contributed by atoms with Gasteiger partial charge in [0.2, 0.25) is 0 Å². The summed E-state index contributed by atoms with van der Waals surface area (Å²) in [6, 6.07) is 3.38. The van der Waals surface area contributed by atoms with Crippen molar-refractivity contribution in [2.45, 2.75) is 38.6 Å². The monoisotopic (exact) mass is 239 g/mol. The lowest BCUT2D eigenvalue weighted by atomic mass is 9.77. The normalized spacial score (nSPS) is 26.8. The third kappa shape index (κ3) is 2.83. The second kappa shape index (κ2) is 5.13. The van der Waals surface area contributed by atoms with Crippen molar-refractivity contribution >= 4 is 0 Å². The predicted molar refractivity (Wildman–Crippen MR) is 64.4 cm³/mol. The van der Waals surface area contributed by atoms with Crippen LogP contribution in [0.15, 0.2) is 18.2 Å². The van der Waals surface area contributed by atoms with Gasteiger partial charge in [0.1, 0.15) is 11.6 Å². The molecule has 1 fully saturated rings. The maximum absolute atomic E-state index is 13.6. The zero-order chi connectivity index (χ0) is 12.4.